The van der Waals surface area contributed by atoms with Gasteiger partial charge in [-0.25, -0.2) is 0 Å². The summed E-state index contributed by atoms with van der Waals surface area (Å²) in [6.45, 7) is 0.393. The van der Waals surface area contributed by atoms with Crippen LogP contribution in [-0.2, 0) is 29.0 Å². The standard InChI is InChI=1S/C30H36N2O4/c33-29(14-7-2-1-4-10-24-11-5-3-6-12-24)32-26(17-20-30(34)35)22-25-15-18-28(19-16-25)36-23-27-13-8-9-21-31-27/h3,5-6,8-9,11-13,15-16,18-19,21,26H,1-2,4,7,10,14,17,20,22-23H2,(H,32,33)(H,34,35). The number of carboxylic acid groups (broad SMARTS) is 1. The van der Waals surface area contributed by atoms with E-state index >= 15 is 0 Å². The van der Waals surface area contributed by atoms with Crippen LogP contribution >= 0.6 is 0 Å². The van der Waals surface area contributed by atoms with Gasteiger partial charge in [0.25, 0.3) is 0 Å². The third-order valence-electron chi connectivity index (χ3n) is 6.05. The molecule has 6 nitrogen and oxygen atoms in total. The van der Waals surface area contributed by atoms with Crippen LogP contribution in [0.15, 0.2) is 79.0 Å². The highest BCUT2D eigenvalue weighted by Gasteiger charge is 2.15. The minimum Gasteiger partial charge on any atom is -0.487 e. The fraction of sp³-hybridized carbons (Fsp3) is 0.367. The van der Waals surface area contributed by atoms with E-state index in [2.05, 4.69) is 34.6 Å². The summed E-state index contributed by atoms with van der Waals surface area (Å²) in [7, 11) is 0. The molecule has 3 aromatic rings. The maximum atomic E-state index is 12.5. The van der Waals surface area contributed by atoms with E-state index in [1.54, 1.807) is 6.20 Å². The molecule has 0 saturated carbocycles. The number of aryl methyl sites for hydroxylation is 1. The molecule has 6 heteroatoms. The van der Waals surface area contributed by atoms with E-state index in [9.17, 15) is 9.59 Å². The van der Waals surface area contributed by atoms with Gasteiger partial charge < -0.3 is 15.2 Å². The van der Waals surface area contributed by atoms with Crippen LogP contribution in [-0.4, -0.2) is 28.0 Å². The van der Waals surface area contributed by atoms with Crippen LogP contribution in [0.2, 0.25) is 0 Å². The van der Waals surface area contributed by atoms with Crippen molar-refractivity contribution >= 4 is 11.9 Å². The molecule has 3 rings (SSSR count). The van der Waals surface area contributed by atoms with Crippen LogP contribution in [0.5, 0.6) is 5.75 Å². The summed E-state index contributed by atoms with van der Waals surface area (Å²) in [5, 5.41) is 12.2. The van der Waals surface area contributed by atoms with Gasteiger partial charge in [-0.1, -0.05) is 61.4 Å². The number of hydrogen-bond donors (Lipinski definition) is 2. The van der Waals surface area contributed by atoms with Gasteiger partial charge in [0, 0.05) is 25.1 Å². The van der Waals surface area contributed by atoms with Crippen molar-refractivity contribution in [1.82, 2.24) is 10.3 Å². The Bertz CT molecular complexity index is 1040. The zero-order chi connectivity index (χ0) is 25.4. The van der Waals surface area contributed by atoms with Crippen molar-refractivity contribution in [3.8, 4) is 5.75 Å². The molecule has 0 aliphatic rings. The molecule has 1 atom stereocenters. The number of aliphatic carboxylic acids is 1. The van der Waals surface area contributed by atoms with Crippen molar-refractivity contribution in [2.75, 3.05) is 0 Å². The van der Waals surface area contributed by atoms with E-state index in [0.717, 1.165) is 49.1 Å². The molecular formula is C30H36N2O4. The predicted molar refractivity (Wildman–Crippen MR) is 141 cm³/mol. The van der Waals surface area contributed by atoms with Crippen LogP contribution in [0.25, 0.3) is 0 Å². The maximum absolute atomic E-state index is 12.5. The van der Waals surface area contributed by atoms with Gasteiger partial charge in [0.2, 0.25) is 5.91 Å². The first-order valence-electron chi connectivity index (χ1n) is 12.8. The van der Waals surface area contributed by atoms with Crippen molar-refractivity contribution in [3.05, 3.63) is 95.8 Å². The molecule has 0 aliphatic heterocycles. The molecule has 190 valence electrons. The molecule has 2 N–H and O–H groups in total. The summed E-state index contributed by atoms with van der Waals surface area (Å²) >= 11 is 0. The van der Waals surface area contributed by atoms with E-state index in [1.165, 1.54) is 5.56 Å². The Morgan fingerprint density at radius 1 is 0.833 bits per heavy atom. The van der Waals surface area contributed by atoms with Crippen LogP contribution in [0.3, 0.4) is 0 Å². The molecule has 1 unspecified atom stereocenters. The lowest BCUT2D eigenvalue weighted by Crippen LogP contribution is -2.36. The molecular weight excluding hydrogens is 452 g/mol. The minimum absolute atomic E-state index is 0.0104. The van der Waals surface area contributed by atoms with Gasteiger partial charge >= 0.3 is 5.97 Å². The second-order valence-corrected chi connectivity index (χ2v) is 9.05. The lowest BCUT2D eigenvalue weighted by Gasteiger charge is -2.18. The number of aromatic nitrogens is 1. The third kappa shape index (κ3) is 10.7. The smallest absolute Gasteiger partial charge is 0.303 e. The highest BCUT2D eigenvalue weighted by atomic mass is 16.5. The number of amides is 1. The molecule has 1 aromatic heterocycles. The molecule has 2 aromatic carbocycles. The van der Waals surface area contributed by atoms with Crippen LogP contribution < -0.4 is 10.1 Å². The summed E-state index contributed by atoms with van der Waals surface area (Å²) in [6.07, 6.45) is 8.34. The van der Waals surface area contributed by atoms with Crippen molar-refractivity contribution in [2.45, 2.75) is 70.4 Å². The number of benzene rings is 2. The number of carbonyl (C=O) groups is 2. The first-order valence-corrected chi connectivity index (χ1v) is 12.8. The lowest BCUT2D eigenvalue weighted by atomic mass is 10.0. The zero-order valence-electron chi connectivity index (χ0n) is 20.8. The van der Waals surface area contributed by atoms with Gasteiger partial charge in [-0.3, -0.25) is 14.6 Å². The van der Waals surface area contributed by atoms with Crippen molar-refractivity contribution < 1.29 is 19.4 Å². The maximum Gasteiger partial charge on any atom is 0.303 e. The molecule has 1 heterocycles. The molecule has 0 aliphatic carbocycles. The number of unbranched alkanes of at least 4 members (excludes halogenated alkanes) is 3. The Morgan fingerprint density at radius 2 is 1.58 bits per heavy atom. The highest BCUT2D eigenvalue weighted by Crippen LogP contribution is 2.16. The summed E-state index contributed by atoms with van der Waals surface area (Å²) in [5.41, 5.74) is 3.23. The Kier molecular flexibility index (Phi) is 11.5. The van der Waals surface area contributed by atoms with E-state index in [1.807, 2.05) is 48.5 Å². The van der Waals surface area contributed by atoms with Crippen molar-refractivity contribution in [3.63, 3.8) is 0 Å². The molecule has 0 fully saturated rings. The van der Waals surface area contributed by atoms with E-state index < -0.39 is 5.97 Å². The Morgan fingerprint density at radius 3 is 2.31 bits per heavy atom. The van der Waals surface area contributed by atoms with E-state index in [4.69, 9.17) is 9.84 Å². The minimum atomic E-state index is -0.856. The topological polar surface area (TPSA) is 88.5 Å². The number of carbonyl (C=O) groups excluding carboxylic acids is 1. The number of rotatable bonds is 16. The average molecular weight is 489 g/mol. The number of nitrogens with zero attached hydrogens (tertiary/aromatic N) is 1. The SMILES string of the molecule is O=C(O)CCC(Cc1ccc(OCc2ccccn2)cc1)NC(=O)CCCCCCc1ccccc1. The van der Waals surface area contributed by atoms with Crippen LogP contribution in [0.4, 0.5) is 0 Å². The highest BCUT2D eigenvalue weighted by molar-refractivity contribution is 5.76. The summed E-state index contributed by atoms with van der Waals surface area (Å²) in [6, 6.07) is 23.6. The van der Waals surface area contributed by atoms with Gasteiger partial charge in [-0.05, 0) is 67.5 Å². The first kappa shape index (κ1) is 26.9. The number of ether oxygens (including phenoxy) is 1. The molecule has 0 radical (unpaired) electrons. The van der Waals surface area contributed by atoms with Crippen LogP contribution in [0.1, 0.15) is 61.8 Å². The average Bonchev–Trinajstić information content (AvgIpc) is 2.90. The predicted octanol–water partition coefficient (Wildman–Crippen LogP) is 5.75. The zero-order valence-corrected chi connectivity index (χ0v) is 20.8. The molecule has 36 heavy (non-hydrogen) atoms. The Balaban J connectivity index is 1.40. The number of carboxylic acids is 1. The van der Waals surface area contributed by atoms with Gasteiger partial charge in [0.15, 0.2) is 0 Å². The van der Waals surface area contributed by atoms with Crippen LogP contribution in [0, 0.1) is 0 Å². The lowest BCUT2D eigenvalue weighted by molar-refractivity contribution is -0.137. The first-order chi connectivity index (χ1) is 17.6. The molecule has 0 spiro atoms. The van der Waals surface area contributed by atoms with Crippen molar-refractivity contribution in [1.29, 1.82) is 0 Å². The fourth-order valence-electron chi connectivity index (χ4n) is 4.08. The molecule has 0 saturated heterocycles. The second-order valence-electron chi connectivity index (χ2n) is 9.05. The quantitative estimate of drug-likeness (QED) is 0.251. The van der Waals surface area contributed by atoms with E-state index in [0.29, 0.717) is 25.9 Å². The van der Waals surface area contributed by atoms with Gasteiger partial charge in [0.05, 0.1) is 5.69 Å². The van der Waals surface area contributed by atoms with Gasteiger partial charge in [0.1, 0.15) is 12.4 Å². The monoisotopic (exact) mass is 488 g/mol. The Hall–Kier alpha value is -3.67. The summed E-state index contributed by atoms with van der Waals surface area (Å²) in [4.78, 5) is 27.9. The van der Waals surface area contributed by atoms with E-state index in [-0.39, 0.29) is 18.4 Å². The largest absolute Gasteiger partial charge is 0.487 e. The third-order valence-corrected chi connectivity index (χ3v) is 6.05. The molecule has 0 bridgehead atoms. The number of pyridine rings is 1. The van der Waals surface area contributed by atoms with Gasteiger partial charge in [-0.15, -0.1) is 0 Å². The fourth-order valence-corrected chi connectivity index (χ4v) is 4.08. The number of nitrogens with one attached hydrogen (secondary N) is 1. The Labute approximate surface area is 213 Å². The van der Waals surface area contributed by atoms with Gasteiger partial charge in [-0.2, -0.15) is 0 Å². The summed E-state index contributed by atoms with van der Waals surface area (Å²) < 4.78 is 5.78. The number of hydrogen-bond acceptors (Lipinski definition) is 4. The molecule has 1 amide bonds. The normalized spacial score (nSPS) is 11.6. The van der Waals surface area contributed by atoms with Crippen molar-refractivity contribution in [2.24, 2.45) is 0 Å². The second kappa shape index (κ2) is 15.4. The summed E-state index contributed by atoms with van der Waals surface area (Å²) in [5.74, 6) is -0.127.